The molecule has 36 heavy (non-hydrogen) atoms. The van der Waals surface area contributed by atoms with Crippen LogP contribution in [0.15, 0.2) is 54.6 Å². The van der Waals surface area contributed by atoms with Gasteiger partial charge >= 0.3 is 5.97 Å². The molecule has 5 rings (SSSR count). The smallest absolute Gasteiger partial charge is 0.359 e. The Kier molecular flexibility index (Phi) is 7.41. The van der Waals surface area contributed by atoms with Gasteiger partial charge in [0.05, 0.1) is 5.69 Å². The number of hydrogen-bond donors (Lipinski definition) is 1. The third kappa shape index (κ3) is 5.65. The van der Waals surface area contributed by atoms with Crippen molar-refractivity contribution in [2.75, 3.05) is 19.7 Å². The Morgan fingerprint density at radius 2 is 1.72 bits per heavy atom. The monoisotopic (exact) mass is 490 g/mol. The highest BCUT2D eigenvalue weighted by Crippen LogP contribution is 2.27. The van der Waals surface area contributed by atoms with E-state index >= 15 is 0 Å². The number of likely N-dealkylation sites (tertiary alicyclic amines) is 1. The number of carbonyl (C=O) groups excluding carboxylic acids is 2. The second-order valence-corrected chi connectivity index (χ2v) is 9.55. The molecule has 0 atom stereocenters. The molecule has 2 aromatic carbocycles. The summed E-state index contributed by atoms with van der Waals surface area (Å²) < 4.78 is 20.5. The lowest BCUT2D eigenvalue weighted by Gasteiger charge is -2.32. The molecule has 0 bridgehead atoms. The molecule has 2 heterocycles. The fourth-order valence-corrected chi connectivity index (χ4v) is 5.10. The van der Waals surface area contributed by atoms with E-state index in [1.54, 1.807) is 16.8 Å². The quantitative estimate of drug-likeness (QED) is 0.510. The van der Waals surface area contributed by atoms with Crippen molar-refractivity contribution in [2.45, 2.75) is 51.1 Å². The summed E-state index contributed by atoms with van der Waals surface area (Å²) in [5, 5.41) is 7.52. The highest BCUT2D eigenvalue weighted by atomic mass is 19.1. The average molecular weight is 491 g/mol. The maximum Gasteiger partial charge on any atom is 0.359 e. The van der Waals surface area contributed by atoms with Gasteiger partial charge in [0.1, 0.15) is 5.82 Å². The normalized spacial score (nSPS) is 16.4. The second kappa shape index (κ2) is 11.0. The maximum absolute atomic E-state index is 13.4. The zero-order chi connectivity index (χ0) is 24.9. The van der Waals surface area contributed by atoms with E-state index in [1.807, 2.05) is 18.2 Å². The lowest BCUT2D eigenvalue weighted by Crippen LogP contribution is -2.45. The summed E-state index contributed by atoms with van der Waals surface area (Å²) >= 11 is 0. The SMILES string of the molecule is O=C(COC(=O)c1nn(-c2ccc(F)cc2)c2c1CCCC2)NC1CCN(Cc2ccccc2)CC1. The molecule has 8 heteroatoms. The minimum atomic E-state index is -0.596. The summed E-state index contributed by atoms with van der Waals surface area (Å²) in [5.41, 5.74) is 4.05. The van der Waals surface area contributed by atoms with Crippen LogP contribution in [0, 0.1) is 5.82 Å². The minimum absolute atomic E-state index is 0.0775. The van der Waals surface area contributed by atoms with E-state index in [0.29, 0.717) is 5.69 Å². The highest BCUT2D eigenvalue weighted by molar-refractivity contribution is 5.91. The van der Waals surface area contributed by atoms with Gasteiger partial charge in [0, 0.05) is 36.9 Å². The Hall–Kier alpha value is -3.52. The fourth-order valence-electron chi connectivity index (χ4n) is 5.10. The highest BCUT2D eigenvalue weighted by Gasteiger charge is 2.27. The Morgan fingerprint density at radius 1 is 1.00 bits per heavy atom. The molecule has 188 valence electrons. The first kappa shape index (κ1) is 24.2. The van der Waals surface area contributed by atoms with Crippen molar-refractivity contribution in [1.82, 2.24) is 20.0 Å². The molecule has 1 saturated heterocycles. The number of nitrogens with zero attached hydrogens (tertiary/aromatic N) is 3. The molecule has 1 N–H and O–H groups in total. The van der Waals surface area contributed by atoms with Crippen LogP contribution in [0.25, 0.3) is 5.69 Å². The number of carbonyl (C=O) groups is 2. The molecule has 1 aromatic heterocycles. The molecule has 0 radical (unpaired) electrons. The average Bonchev–Trinajstić information content (AvgIpc) is 3.29. The molecule has 0 spiro atoms. The predicted octanol–water partition coefficient (Wildman–Crippen LogP) is 3.83. The Morgan fingerprint density at radius 3 is 2.47 bits per heavy atom. The zero-order valence-corrected chi connectivity index (χ0v) is 20.3. The van der Waals surface area contributed by atoms with Crippen LogP contribution >= 0.6 is 0 Å². The first-order valence-corrected chi connectivity index (χ1v) is 12.7. The van der Waals surface area contributed by atoms with Crippen LogP contribution in [-0.2, 0) is 28.9 Å². The van der Waals surface area contributed by atoms with E-state index in [2.05, 4.69) is 27.4 Å². The molecular weight excluding hydrogens is 459 g/mol. The van der Waals surface area contributed by atoms with E-state index in [-0.39, 0.29) is 30.1 Å². The number of rotatable bonds is 7. The van der Waals surface area contributed by atoms with E-state index in [0.717, 1.165) is 69.4 Å². The molecule has 1 aliphatic heterocycles. The zero-order valence-electron chi connectivity index (χ0n) is 20.3. The van der Waals surface area contributed by atoms with Crippen molar-refractivity contribution in [3.8, 4) is 5.69 Å². The van der Waals surface area contributed by atoms with Crippen LogP contribution < -0.4 is 5.32 Å². The van der Waals surface area contributed by atoms with Crippen LogP contribution in [0.1, 0.15) is 53.0 Å². The summed E-state index contributed by atoms with van der Waals surface area (Å²) in [4.78, 5) is 27.8. The third-order valence-electron chi connectivity index (χ3n) is 6.98. The van der Waals surface area contributed by atoms with Gasteiger partial charge in [-0.3, -0.25) is 9.69 Å². The second-order valence-electron chi connectivity index (χ2n) is 9.55. The third-order valence-corrected chi connectivity index (χ3v) is 6.98. The van der Waals surface area contributed by atoms with Gasteiger partial charge in [-0.25, -0.2) is 13.9 Å². The predicted molar refractivity (Wildman–Crippen MR) is 133 cm³/mol. The topological polar surface area (TPSA) is 76.5 Å². The molecule has 0 saturated carbocycles. The summed E-state index contributed by atoms with van der Waals surface area (Å²) in [5.74, 6) is -1.22. The van der Waals surface area contributed by atoms with Gasteiger partial charge in [-0.1, -0.05) is 30.3 Å². The Bertz CT molecular complexity index is 1200. The number of ether oxygens (including phenoxy) is 1. The summed E-state index contributed by atoms with van der Waals surface area (Å²) in [7, 11) is 0. The molecule has 3 aromatic rings. The number of benzene rings is 2. The number of nitrogens with one attached hydrogen (secondary N) is 1. The van der Waals surface area contributed by atoms with Crippen molar-refractivity contribution in [3.05, 3.63) is 82.9 Å². The number of aromatic nitrogens is 2. The standard InChI is InChI=1S/C28H31FN4O3/c29-21-10-12-23(13-11-21)33-25-9-5-4-8-24(25)27(31-33)28(35)36-19-26(34)30-22-14-16-32(17-15-22)18-20-6-2-1-3-7-20/h1-3,6-7,10-13,22H,4-5,8-9,14-19H2,(H,30,34). The van der Waals surface area contributed by atoms with Gasteiger partial charge in [0.15, 0.2) is 12.3 Å². The first-order chi connectivity index (χ1) is 17.6. The lowest BCUT2D eigenvalue weighted by molar-refractivity contribution is -0.125. The van der Waals surface area contributed by atoms with Gasteiger partial charge < -0.3 is 10.1 Å². The summed E-state index contributed by atoms with van der Waals surface area (Å²) in [6, 6.07) is 16.5. The van der Waals surface area contributed by atoms with Gasteiger partial charge in [-0.2, -0.15) is 5.10 Å². The number of hydrogen-bond acceptors (Lipinski definition) is 5. The van der Waals surface area contributed by atoms with Crippen molar-refractivity contribution in [3.63, 3.8) is 0 Å². The van der Waals surface area contributed by atoms with Gasteiger partial charge in [-0.15, -0.1) is 0 Å². The number of piperidine rings is 1. The van der Waals surface area contributed by atoms with Crippen LogP contribution in [0.4, 0.5) is 4.39 Å². The molecular formula is C28H31FN4O3. The molecule has 1 fully saturated rings. The van der Waals surface area contributed by atoms with Crippen LogP contribution in [0.3, 0.4) is 0 Å². The van der Waals surface area contributed by atoms with Crippen molar-refractivity contribution in [2.24, 2.45) is 0 Å². The van der Waals surface area contributed by atoms with Crippen LogP contribution in [0.5, 0.6) is 0 Å². The Balaban J connectivity index is 1.14. The number of amides is 1. The maximum atomic E-state index is 13.4. The largest absolute Gasteiger partial charge is 0.451 e. The van der Waals surface area contributed by atoms with Crippen molar-refractivity contribution in [1.29, 1.82) is 0 Å². The van der Waals surface area contributed by atoms with Gasteiger partial charge in [0.2, 0.25) is 0 Å². The number of fused-ring (bicyclic) bond motifs is 1. The lowest BCUT2D eigenvalue weighted by atomic mass is 9.95. The van der Waals surface area contributed by atoms with E-state index in [4.69, 9.17) is 4.74 Å². The summed E-state index contributed by atoms with van der Waals surface area (Å²) in [6.45, 7) is 2.40. The molecule has 7 nitrogen and oxygen atoms in total. The van der Waals surface area contributed by atoms with Gasteiger partial charge in [0.25, 0.3) is 5.91 Å². The Labute approximate surface area is 210 Å². The summed E-state index contributed by atoms with van der Waals surface area (Å²) in [6.07, 6.45) is 5.21. The van der Waals surface area contributed by atoms with Crippen LogP contribution in [-0.4, -0.2) is 52.3 Å². The molecule has 1 aliphatic carbocycles. The van der Waals surface area contributed by atoms with E-state index < -0.39 is 5.97 Å². The first-order valence-electron chi connectivity index (χ1n) is 12.7. The molecule has 1 amide bonds. The number of esters is 1. The minimum Gasteiger partial charge on any atom is -0.451 e. The van der Waals surface area contributed by atoms with Crippen molar-refractivity contribution >= 4 is 11.9 Å². The van der Waals surface area contributed by atoms with E-state index in [9.17, 15) is 14.0 Å². The number of halogens is 1. The molecule has 2 aliphatic rings. The molecule has 0 unspecified atom stereocenters. The van der Waals surface area contributed by atoms with Gasteiger partial charge in [-0.05, 0) is 68.4 Å². The van der Waals surface area contributed by atoms with E-state index in [1.165, 1.54) is 17.7 Å². The fraction of sp³-hybridized carbons (Fsp3) is 0.393. The van der Waals surface area contributed by atoms with Crippen molar-refractivity contribution < 1.29 is 18.7 Å². The van der Waals surface area contributed by atoms with Crippen LogP contribution in [0.2, 0.25) is 0 Å².